The Hall–Kier alpha value is -3.48. The first kappa shape index (κ1) is 21.2. The maximum Gasteiger partial charge on any atom is 0.408 e. The molecule has 1 amide bonds. The smallest absolute Gasteiger partial charge is 0.408 e. The number of carbonyl (C=O) groups is 2. The second-order valence-corrected chi connectivity index (χ2v) is 7.95. The van der Waals surface area contributed by atoms with Crippen molar-refractivity contribution in [2.75, 3.05) is 0 Å². The molecule has 0 bridgehead atoms. The number of hydrogen-bond acceptors (Lipinski definition) is 6. The van der Waals surface area contributed by atoms with E-state index in [-0.39, 0.29) is 12.2 Å². The first-order valence-electron chi connectivity index (χ1n) is 9.72. The molecule has 2 aromatic heterocycles. The number of alkyl carbamates (subject to hydrolysis) is 1. The van der Waals surface area contributed by atoms with Crippen LogP contribution >= 0.6 is 0 Å². The summed E-state index contributed by atoms with van der Waals surface area (Å²) in [6.07, 6.45) is 3.05. The van der Waals surface area contributed by atoms with Crippen molar-refractivity contribution in [3.05, 3.63) is 72.2 Å². The maximum absolute atomic E-state index is 13.0. The summed E-state index contributed by atoms with van der Waals surface area (Å²) in [5.74, 6) is 0.234. The maximum atomic E-state index is 13.0. The molecule has 3 aromatic rings. The lowest BCUT2D eigenvalue weighted by molar-refractivity contribution is -0.120. The minimum absolute atomic E-state index is 0.00534. The molecule has 1 aromatic carbocycles. The van der Waals surface area contributed by atoms with Crippen LogP contribution in [0.5, 0.6) is 0 Å². The Morgan fingerprint density at radius 3 is 2.47 bits per heavy atom. The standard InChI is InChI=1S/C23H25N3O4/c1-23(2,3)29-22(28)25-20(13-16-7-5-4-6-8-16)21(27)15-18-14-19(26-30-18)17-9-11-24-12-10-17/h4-12,14,20H,13,15H2,1-3H3,(H,25,28)/t20-/m0/s1. The van der Waals surface area contributed by atoms with Gasteiger partial charge in [-0.3, -0.25) is 9.78 Å². The third kappa shape index (κ3) is 6.27. The van der Waals surface area contributed by atoms with Gasteiger partial charge in [-0.25, -0.2) is 4.79 Å². The highest BCUT2D eigenvalue weighted by molar-refractivity contribution is 5.89. The van der Waals surface area contributed by atoms with Crippen LogP contribution in [0.1, 0.15) is 32.1 Å². The Bertz CT molecular complexity index is 978. The lowest BCUT2D eigenvalue weighted by Gasteiger charge is -2.23. The molecule has 0 saturated carbocycles. The van der Waals surface area contributed by atoms with Crippen molar-refractivity contribution in [3.8, 4) is 11.3 Å². The molecular weight excluding hydrogens is 382 g/mol. The second kappa shape index (κ2) is 9.35. The lowest BCUT2D eigenvalue weighted by Crippen LogP contribution is -2.45. The lowest BCUT2D eigenvalue weighted by atomic mass is 9.99. The van der Waals surface area contributed by atoms with E-state index < -0.39 is 17.7 Å². The van der Waals surface area contributed by atoms with Crippen LogP contribution in [0.3, 0.4) is 0 Å². The number of amides is 1. The fourth-order valence-corrected chi connectivity index (χ4v) is 2.89. The van der Waals surface area contributed by atoms with Crippen LogP contribution in [0.4, 0.5) is 4.79 Å². The van der Waals surface area contributed by atoms with Gasteiger partial charge >= 0.3 is 6.09 Å². The Morgan fingerprint density at radius 2 is 1.80 bits per heavy atom. The van der Waals surface area contributed by atoms with E-state index in [0.717, 1.165) is 11.1 Å². The van der Waals surface area contributed by atoms with Crippen LogP contribution in [0, 0.1) is 0 Å². The molecule has 7 nitrogen and oxygen atoms in total. The molecule has 7 heteroatoms. The first-order valence-corrected chi connectivity index (χ1v) is 9.72. The third-order valence-corrected chi connectivity index (χ3v) is 4.25. The van der Waals surface area contributed by atoms with E-state index in [0.29, 0.717) is 17.9 Å². The van der Waals surface area contributed by atoms with Crippen molar-refractivity contribution >= 4 is 11.9 Å². The summed E-state index contributed by atoms with van der Waals surface area (Å²) in [6, 6.07) is 14.1. The zero-order valence-electron chi connectivity index (χ0n) is 17.3. The molecule has 0 spiro atoms. The van der Waals surface area contributed by atoms with Gasteiger partial charge in [-0.15, -0.1) is 0 Å². The summed E-state index contributed by atoms with van der Waals surface area (Å²) < 4.78 is 10.7. The van der Waals surface area contributed by atoms with E-state index in [9.17, 15) is 9.59 Å². The van der Waals surface area contributed by atoms with Gasteiger partial charge in [-0.05, 0) is 44.9 Å². The summed E-state index contributed by atoms with van der Waals surface area (Å²) in [5.41, 5.74) is 1.75. The summed E-state index contributed by atoms with van der Waals surface area (Å²) >= 11 is 0. The molecule has 0 saturated heterocycles. The number of ketones is 1. The largest absolute Gasteiger partial charge is 0.444 e. The number of rotatable bonds is 7. The number of carbonyl (C=O) groups excluding carboxylic acids is 2. The molecule has 0 aliphatic heterocycles. The van der Waals surface area contributed by atoms with Crippen molar-refractivity contribution in [1.29, 1.82) is 0 Å². The molecule has 1 atom stereocenters. The van der Waals surface area contributed by atoms with Gasteiger partial charge in [0.1, 0.15) is 17.1 Å². The predicted molar refractivity (Wildman–Crippen MR) is 112 cm³/mol. The Labute approximate surface area is 175 Å². The van der Waals surface area contributed by atoms with Gasteiger partial charge in [0.2, 0.25) is 0 Å². The van der Waals surface area contributed by atoms with E-state index in [2.05, 4.69) is 15.5 Å². The highest BCUT2D eigenvalue weighted by Gasteiger charge is 2.26. The molecule has 3 rings (SSSR count). The number of pyridine rings is 1. The number of hydrogen-bond donors (Lipinski definition) is 1. The van der Waals surface area contributed by atoms with Gasteiger partial charge in [0, 0.05) is 24.0 Å². The molecule has 0 aliphatic rings. The zero-order valence-corrected chi connectivity index (χ0v) is 17.3. The van der Waals surface area contributed by atoms with Crippen LogP contribution < -0.4 is 5.32 Å². The topological polar surface area (TPSA) is 94.3 Å². The van der Waals surface area contributed by atoms with Crippen molar-refractivity contribution in [2.24, 2.45) is 0 Å². The molecule has 2 heterocycles. The van der Waals surface area contributed by atoms with Crippen molar-refractivity contribution in [1.82, 2.24) is 15.5 Å². The Kier molecular flexibility index (Phi) is 6.61. The van der Waals surface area contributed by atoms with E-state index in [4.69, 9.17) is 9.26 Å². The number of Topliss-reactive ketones (excluding diaryl/α,β-unsaturated/α-hetero) is 1. The molecular formula is C23H25N3O4. The number of benzene rings is 1. The van der Waals surface area contributed by atoms with E-state index in [1.165, 1.54) is 0 Å². The summed E-state index contributed by atoms with van der Waals surface area (Å²) in [5, 5.41) is 6.72. The zero-order chi connectivity index (χ0) is 21.6. The SMILES string of the molecule is CC(C)(C)OC(=O)N[C@@H](Cc1ccccc1)C(=O)Cc1cc(-c2ccncc2)no1. The predicted octanol–water partition coefficient (Wildman–Crippen LogP) is 3.98. The number of nitrogens with zero attached hydrogens (tertiary/aromatic N) is 2. The normalized spacial score (nSPS) is 12.2. The van der Waals surface area contributed by atoms with E-state index >= 15 is 0 Å². The van der Waals surface area contributed by atoms with Crippen LogP contribution in [0.15, 0.2) is 65.4 Å². The third-order valence-electron chi connectivity index (χ3n) is 4.25. The molecule has 30 heavy (non-hydrogen) atoms. The summed E-state index contributed by atoms with van der Waals surface area (Å²) in [6.45, 7) is 5.32. The molecule has 1 N–H and O–H groups in total. The van der Waals surface area contributed by atoms with Crippen LogP contribution in [0.2, 0.25) is 0 Å². The van der Waals surface area contributed by atoms with Gasteiger partial charge in [-0.1, -0.05) is 35.5 Å². The van der Waals surface area contributed by atoms with Gasteiger partial charge in [0.25, 0.3) is 0 Å². The van der Waals surface area contributed by atoms with Gasteiger partial charge in [-0.2, -0.15) is 0 Å². The second-order valence-electron chi connectivity index (χ2n) is 7.95. The van der Waals surface area contributed by atoms with Crippen LogP contribution in [-0.2, 0) is 22.4 Å². The van der Waals surface area contributed by atoms with Crippen LogP contribution in [0.25, 0.3) is 11.3 Å². The van der Waals surface area contributed by atoms with Crippen molar-refractivity contribution in [3.63, 3.8) is 0 Å². The molecule has 0 fully saturated rings. The molecule has 0 aliphatic carbocycles. The minimum Gasteiger partial charge on any atom is -0.444 e. The number of aromatic nitrogens is 2. The summed E-state index contributed by atoms with van der Waals surface area (Å²) in [7, 11) is 0. The number of nitrogens with one attached hydrogen (secondary N) is 1. The average molecular weight is 407 g/mol. The molecule has 0 radical (unpaired) electrons. The fourth-order valence-electron chi connectivity index (χ4n) is 2.89. The summed E-state index contributed by atoms with van der Waals surface area (Å²) in [4.78, 5) is 29.3. The average Bonchev–Trinajstić information content (AvgIpc) is 3.16. The van der Waals surface area contributed by atoms with E-state index in [1.807, 2.05) is 42.5 Å². The highest BCUT2D eigenvalue weighted by Crippen LogP contribution is 2.19. The van der Waals surface area contributed by atoms with Gasteiger partial charge < -0.3 is 14.6 Å². The Balaban J connectivity index is 1.72. The molecule has 0 unspecified atom stereocenters. The fraction of sp³-hybridized carbons (Fsp3) is 0.304. The van der Waals surface area contributed by atoms with Gasteiger partial charge in [0.15, 0.2) is 5.78 Å². The van der Waals surface area contributed by atoms with Crippen LogP contribution in [-0.4, -0.2) is 33.7 Å². The van der Waals surface area contributed by atoms with Crippen molar-refractivity contribution in [2.45, 2.75) is 45.3 Å². The quantitative estimate of drug-likeness (QED) is 0.637. The monoisotopic (exact) mass is 407 g/mol. The van der Waals surface area contributed by atoms with E-state index in [1.54, 1.807) is 39.2 Å². The Morgan fingerprint density at radius 1 is 1.10 bits per heavy atom. The first-order chi connectivity index (χ1) is 14.3. The van der Waals surface area contributed by atoms with Crippen molar-refractivity contribution < 1.29 is 18.8 Å². The minimum atomic E-state index is -0.753. The molecule has 156 valence electrons. The number of ether oxygens (including phenoxy) is 1. The highest BCUT2D eigenvalue weighted by atomic mass is 16.6. The van der Waals surface area contributed by atoms with Gasteiger partial charge in [0.05, 0.1) is 12.5 Å².